The maximum atomic E-state index is 9.03. The van der Waals surface area contributed by atoms with Crippen LogP contribution in [0.25, 0.3) is 34.4 Å². The first-order chi connectivity index (χ1) is 23.4. The summed E-state index contributed by atoms with van der Waals surface area (Å²) in [6, 6.07) is 33.1. The summed E-state index contributed by atoms with van der Waals surface area (Å²) in [6.07, 6.45) is 8.17. The quantitative estimate of drug-likeness (QED) is 0.148. The molecule has 50 heavy (non-hydrogen) atoms. The number of hydrogen-bond donors (Lipinski definition) is 0. The molecule has 0 bridgehead atoms. The molecule has 2 aliphatic carbocycles. The van der Waals surface area contributed by atoms with Crippen molar-refractivity contribution in [3.05, 3.63) is 129 Å². The Hall–Kier alpha value is -1.96. The Bertz CT molecular complexity index is 1820. The molecular weight excluding hydrogens is 743 g/mol. The van der Waals surface area contributed by atoms with Crippen LogP contribution in [0.1, 0.15) is 108 Å². The fourth-order valence-corrected chi connectivity index (χ4v) is 50.3. The van der Waals surface area contributed by atoms with Crippen LogP contribution in [0.2, 0.25) is 12.6 Å². The molecule has 4 heteroatoms. The minimum absolute atomic E-state index is 0.0787. The van der Waals surface area contributed by atoms with Gasteiger partial charge in [0, 0.05) is 0 Å². The van der Waals surface area contributed by atoms with E-state index in [1.54, 1.807) is 0 Å². The van der Waals surface area contributed by atoms with Gasteiger partial charge in [-0.05, 0) is 0 Å². The van der Waals surface area contributed by atoms with Gasteiger partial charge in [0.15, 0.2) is 0 Å². The molecule has 3 atom stereocenters. The van der Waals surface area contributed by atoms with Crippen LogP contribution in [-0.2, 0) is 15.6 Å². The number of benzene rings is 4. The van der Waals surface area contributed by atoms with Crippen molar-refractivity contribution in [3.63, 3.8) is 0 Å². The maximum absolute atomic E-state index is 9.03. The zero-order chi connectivity index (χ0) is 36.2. The fraction of sp³-hybridized carbons (Fsp3) is 0.391. The number of halogens is 2. The second-order valence-electron chi connectivity index (χ2n) is 18.0. The van der Waals surface area contributed by atoms with Crippen molar-refractivity contribution < 1.29 is 15.6 Å². The summed E-state index contributed by atoms with van der Waals surface area (Å²) in [7, 11) is 18.1. The van der Waals surface area contributed by atoms with E-state index in [9.17, 15) is 0 Å². The number of hydrogen-bond acceptors (Lipinski definition) is 0. The Kier molecular flexibility index (Phi) is 10.4. The Morgan fingerprint density at radius 2 is 0.980 bits per heavy atom. The fourth-order valence-electron chi connectivity index (χ4n) is 9.18. The molecule has 0 amide bonds. The molecule has 0 saturated carbocycles. The SMILES string of the molecule is CCC[SiH](C)[Zr]([Cl])([Cl])([CH]1C(CC(C)(C)C)=Cc2c(-c3ccc(C)cc3)cccc21)[CH]1C(CC(C)(C)C)=Cc2c(-c3ccc(C)cc3)cccc21. The molecule has 4 aromatic rings. The van der Waals surface area contributed by atoms with Crippen molar-refractivity contribution >= 4 is 35.1 Å². The third-order valence-corrected chi connectivity index (χ3v) is 61.7. The molecule has 0 aromatic heterocycles. The topological polar surface area (TPSA) is 0 Å². The van der Waals surface area contributed by atoms with Crippen molar-refractivity contribution in [2.45, 2.75) is 101 Å². The van der Waals surface area contributed by atoms with E-state index in [1.165, 1.54) is 66.8 Å². The normalized spacial score (nSPS) is 18.9. The van der Waals surface area contributed by atoms with E-state index in [2.05, 4.69) is 166 Å². The van der Waals surface area contributed by atoms with Crippen LogP contribution in [0.15, 0.2) is 96.1 Å². The summed E-state index contributed by atoms with van der Waals surface area (Å²) in [4.78, 5) is 0. The van der Waals surface area contributed by atoms with E-state index in [4.69, 9.17) is 17.0 Å². The van der Waals surface area contributed by atoms with Gasteiger partial charge in [0.1, 0.15) is 0 Å². The van der Waals surface area contributed by atoms with E-state index in [-0.39, 0.29) is 18.1 Å². The molecule has 3 unspecified atom stereocenters. The average Bonchev–Trinajstić information content (AvgIpc) is 3.59. The average molecular weight is 800 g/mol. The van der Waals surface area contributed by atoms with Gasteiger partial charge in [0.2, 0.25) is 0 Å². The molecule has 0 aliphatic heterocycles. The van der Waals surface area contributed by atoms with E-state index >= 15 is 0 Å². The summed E-state index contributed by atoms with van der Waals surface area (Å²) in [6.45, 7) is 23.5. The first-order valence-corrected chi connectivity index (χ1v) is 34.8. The Morgan fingerprint density at radius 1 is 0.600 bits per heavy atom. The zero-order valence-corrected chi connectivity index (χ0v) is 37.2. The van der Waals surface area contributed by atoms with Gasteiger partial charge in [-0.15, -0.1) is 0 Å². The standard InChI is InChI=1S/2C21H23.C4H11Si.2ClH.Zr/c2*1-15-8-10-17(11-9-15)19-7-5-6-18-12-16(13-20(18)19)14-21(2,3)4;1-3-4-5-2;;;/h2*5-13H,14H2,1-4H3;5H,3-4H2,1-2H3;2*1H;/q;;;;;+2/p-2. The number of aryl methyl sites for hydroxylation is 2. The van der Waals surface area contributed by atoms with Crippen LogP contribution in [0, 0.1) is 24.7 Å². The van der Waals surface area contributed by atoms with E-state index in [1.807, 2.05) is 0 Å². The van der Waals surface area contributed by atoms with Crippen LogP contribution in [0.5, 0.6) is 0 Å². The molecule has 2 aliphatic rings. The number of allylic oxidation sites excluding steroid dienone is 2. The van der Waals surface area contributed by atoms with Gasteiger partial charge in [0.25, 0.3) is 0 Å². The summed E-state index contributed by atoms with van der Waals surface area (Å²) in [5, 5.41) is 0. The summed E-state index contributed by atoms with van der Waals surface area (Å²) in [5.74, 6) is -1.72. The van der Waals surface area contributed by atoms with Gasteiger partial charge in [-0.25, -0.2) is 0 Å². The first kappa shape index (κ1) is 37.8. The van der Waals surface area contributed by atoms with Gasteiger partial charge in [-0.1, -0.05) is 0 Å². The van der Waals surface area contributed by atoms with Crippen molar-refractivity contribution in [2.75, 3.05) is 0 Å². The Labute approximate surface area is 312 Å². The second kappa shape index (κ2) is 13.8. The van der Waals surface area contributed by atoms with Crippen molar-refractivity contribution in [1.29, 1.82) is 0 Å². The molecule has 0 N–H and O–H groups in total. The summed E-state index contributed by atoms with van der Waals surface area (Å²) in [5.41, 5.74) is 16.3. The van der Waals surface area contributed by atoms with E-state index in [0.29, 0.717) is 0 Å². The summed E-state index contributed by atoms with van der Waals surface area (Å²) >= 11 is -5.03. The van der Waals surface area contributed by atoms with Crippen LogP contribution in [0.3, 0.4) is 0 Å². The predicted molar refractivity (Wildman–Crippen MR) is 223 cm³/mol. The van der Waals surface area contributed by atoms with Crippen molar-refractivity contribution in [1.82, 2.24) is 0 Å². The molecule has 0 fully saturated rings. The molecule has 263 valence electrons. The molecular formula is C46H57Cl2SiZr. The molecule has 0 heterocycles. The van der Waals surface area contributed by atoms with Crippen LogP contribution >= 0.6 is 17.0 Å². The van der Waals surface area contributed by atoms with Crippen LogP contribution in [0.4, 0.5) is 0 Å². The second-order valence-corrected chi connectivity index (χ2v) is 59.4. The molecule has 0 spiro atoms. The van der Waals surface area contributed by atoms with Crippen LogP contribution in [-0.4, -0.2) is 5.92 Å². The third kappa shape index (κ3) is 7.06. The monoisotopic (exact) mass is 797 g/mol. The number of rotatable bonds is 9. The van der Waals surface area contributed by atoms with Crippen LogP contribution < -0.4 is 0 Å². The van der Waals surface area contributed by atoms with Gasteiger partial charge >= 0.3 is 315 Å². The zero-order valence-electron chi connectivity index (χ0n) is 32.1. The number of fused-ring (bicyclic) bond motifs is 2. The van der Waals surface area contributed by atoms with Crippen molar-refractivity contribution in [3.8, 4) is 22.3 Å². The third-order valence-electron chi connectivity index (χ3n) is 11.3. The minimum atomic E-state index is -5.03. The van der Waals surface area contributed by atoms with E-state index in [0.717, 1.165) is 25.3 Å². The molecule has 0 nitrogen and oxygen atoms in total. The van der Waals surface area contributed by atoms with Gasteiger partial charge in [0.05, 0.1) is 0 Å². The Balaban J connectivity index is 1.66. The molecule has 0 saturated heterocycles. The molecule has 0 radical (unpaired) electrons. The van der Waals surface area contributed by atoms with Gasteiger partial charge < -0.3 is 0 Å². The van der Waals surface area contributed by atoms with Gasteiger partial charge in [-0.2, -0.15) is 0 Å². The molecule has 4 aromatic carbocycles. The van der Waals surface area contributed by atoms with E-state index < -0.39 is 21.5 Å². The summed E-state index contributed by atoms with van der Waals surface area (Å²) < 4.78 is 0.157. The van der Waals surface area contributed by atoms with Gasteiger partial charge in [-0.3, -0.25) is 0 Å². The predicted octanol–water partition coefficient (Wildman–Crippen LogP) is 14.8. The Morgan fingerprint density at radius 3 is 1.32 bits per heavy atom. The first-order valence-electron chi connectivity index (χ1n) is 18.8. The molecule has 6 rings (SSSR count). The van der Waals surface area contributed by atoms with Crippen molar-refractivity contribution in [2.24, 2.45) is 10.8 Å².